The number of rotatable bonds is 9. The summed E-state index contributed by atoms with van der Waals surface area (Å²) in [5.74, 6) is 0. The van der Waals surface area contributed by atoms with E-state index in [1.54, 1.807) is 12.1 Å². The van der Waals surface area contributed by atoms with Gasteiger partial charge in [0.05, 0.1) is 10.6 Å². The highest BCUT2D eigenvalue weighted by Gasteiger charge is 2.21. The molecule has 0 radical (unpaired) electrons. The number of hydrogen-bond acceptors (Lipinski definition) is 7. The summed E-state index contributed by atoms with van der Waals surface area (Å²) < 4.78 is 28.0. The Balaban J connectivity index is 1.71. The maximum Gasteiger partial charge on any atom is 0.275 e. The molecule has 0 aliphatic carbocycles. The average Bonchev–Trinajstić information content (AvgIpc) is 3.17. The van der Waals surface area contributed by atoms with Gasteiger partial charge >= 0.3 is 0 Å². The van der Waals surface area contributed by atoms with Crippen molar-refractivity contribution in [2.75, 3.05) is 13.1 Å². The lowest BCUT2D eigenvalue weighted by Gasteiger charge is -2.19. The molecule has 2 aromatic heterocycles. The fourth-order valence-corrected chi connectivity index (χ4v) is 5.46. The minimum atomic E-state index is -3.46. The Kier molecular flexibility index (Phi) is 7.02. The van der Waals surface area contributed by atoms with Crippen molar-refractivity contribution in [3.63, 3.8) is 0 Å². The molecule has 0 amide bonds. The molecule has 8 nitrogen and oxygen atoms in total. The molecule has 1 aromatic carbocycles. The predicted molar refractivity (Wildman–Crippen MR) is 118 cm³/mol. The summed E-state index contributed by atoms with van der Waals surface area (Å²) in [4.78, 5) is 17.7. The van der Waals surface area contributed by atoms with Crippen LogP contribution in [0.25, 0.3) is 4.96 Å². The van der Waals surface area contributed by atoms with Crippen LogP contribution in [0.4, 0.5) is 0 Å². The first-order valence-electron chi connectivity index (χ1n) is 10.0. The minimum Gasteiger partial charge on any atom is -0.305 e. The Morgan fingerprint density at radius 2 is 1.83 bits per heavy atom. The molecule has 0 bridgehead atoms. The first kappa shape index (κ1) is 22.5. The van der Waals surface area contributed by atoms with Gasteiger partial charge in [-0.2, -0.15) is 13.9 Å². The van der Waals surface area contributed by atoms with E-state index in [0.29, 0.717) is 35.2 Å². The number of hydrogen-bond donors (Lipinski definition) is 1. The van der Waals surface area contributed by atoms with Crippen LogP contribution < -0.4 is 10.9 Å². The molecule has 1 atom stereocenters. The summed E-state index contributed by atoms with van der Waals surface area (Å²) in [6.07, 6.45) is 0.762. The zero-order chi connectivity index (χ0) is 21.9. The monoisotopic (exact) mass is 449 g/mol. The number of nitrogens with one attached hydrogen (secondary N) is 1. The van der Waals surface area contributed by atoms with E-state index in [-0.39, 0.29) is 11.6 Å². The van der Waals surface area contributed by atoms with Gasteiger partial charge in [-0.05, 0) is 31.0 Å². The molecule has 162 valence electrons. The SMILES string of the molecule is CCc1nn2c(=O)cc(CN[C@H](C)c3ccc(S(=O)(=O)N(CC)CC)cc3)nc2s1. The third-order valence-corrected chi connectivity index (χ3v) is 8.07. The van der Waals surface area contributed by atoms with Crippen molar-refractivity contribution in [2.45, 2.75) is 51.6 Å². The zero-order valence-electron chi connectivity index (χ0n) is 17.6. The van der Waals surface area contributed by atoms with E-state index in [1.807, 2.05) is 39.8 Å². The third-order valence-electron chi connectivity index (χ3n) is 4.96. The van der Waals surface area contributed by atoms with Gasteiger partial charge in [0.1, 0.15) is 5.01 Å². The second-order valence-corrected chi connectivity index (χ2v) is 9.87. The third kappa shape index (κ3) is 4.61. The number of fused-ring (bicyclic) bond motifs is 1. The second-order valence-electron chi connectivity index (χ2n) is 6.89. The topological polar surface area (TPSA) is 96.7 Å². The first-order valence-corrected chi connectivity index (χ1v) is 12.3. The average molecular weight is 450 g/mol. The Bertz CT molecular complexity index is 1170. The smallest absolute Gasteiger partial charge is 0.275 e. The van der Waals surface area contributed by atoms with Gasteiger partial charge in [-0.25, -0.2) is 13.4 Å². The minimum absolute atomic E-state index is 0.0388. The van der Waals surface area contributed by atoms with Crippen molar-refractivity contribution in [1.82, 2.24) is 24.2 Å². The molecular formula is C20H27N5O3S2. The van der Waals surface area contributed by atoms with Gasteiger partial charge in [-0.15, -0.1) is 0 Å². The van der Waals surface area contributed by atoms with Crippen molar-refractivity contribution in [1.29, 1.82) is 0 Å². The fraction of sp³-hybridized carbons (Fsp3) is 0.450. The van der Waals surface area contributed by atoms with Crippen LogP contribution in [0.3, 0.4) is 0 Å². The molecule has 10 heteroatoms. The molecule has 30 heavy (non-hydrogen) atoms. The van der Waals surface area contributed by atoms with Crippen molar-refractivity contribution >= 4 is 26.3 Å². The van der Waals surface area contributed by atoms with Crippen LogP contribution in [-0.2, 0) is 23.0 Å². The second kappa shape index (κ2) is 9.34. The lowest BCUT2D eigenvalue weighted by Crippen LogP contribution is -2.30. The Morgan fingerprint density at radius 1 is 1.17 bits per heavy atom. The molecule has 0 saturated carbocycles. The van der Waals surface area contributed by atoms with Crippen LogP contribution in [0.5, 0.6) is 0 Å². The fourth-order valence-electron chi connectivity index (χ4n) is 3.15. The Labute approximate surface area is 180 Å². The molecule has 0 saturated heterocycles. The molecule has 0 unspecified atom stereocenters. The Hall–Kier alpha value is -2.14. The zero-order valence-corrected chi connectivity index (χ0v) is 19.3. The molecule has 3 rings (SSSR count). The summed E-state index contributed by atoms with van der Waals surface area (Å²) in [6.45, 7) is 8.94. The van der Waals surface area contributed by atoms with Gasteiger partial charge in [-0.3, -0.25) is 4.79 Å². The number of nitrogens with zero attached hydrogens (tertiary/aromatic N) is 4. The maximum absolute atomic E-state index is 12.6. The summed E-state index contributed by atoms with van der Waals surface area (Å²) in [7, 11) is -3.46. The molecule has 0 aliphatic heterocycles. The van der Waals surface area contributed by atoms with Crippen LogP contribution in [0.2, 0.25) is 0 Å². The van der Waals surface area contributed by atoms with Gasteiger partial charge in [-0.1, -0.05) is 44.2 Å². The van der Waals surface area contributed by atoms with E-state index in [9.17, 15) is 13.2 Å². The predicted octanol–water partition coefficient (Wildman–Crippen LogP) is 2.59. The summed E-state index contributed by atoms with van der Waals surface area (Å²) in [5.41, 5.74) is 1.42. The van der Waals surface area contributed by atoms with Crippen molar-refractivity contribution in [2.24, 2.45) is 0 Å². The van der Waals surface area contributed by atoms with Gasteiger partial charge in [0.25, 0.3) is 5.56 Å². The van der Waals surface area contributed by atoms with Crippen molar-refractivity contribution in [3.8, 4) is 0 Å². The lowest BCUT2D eigenvalue weighted by atomic mass is 10.1. The quantitative estimate of drug-likeness (QED) is 0.539. The van der Waals surface area contributed by atoms with E-state index in [2.05, 4.69) is 15.4 Å². The van der Waals surface area contributed by atoms with Gasteiger partial charge in [0.15, 0.2) is 0 Å². The van der Waals surface area contributed by atoms with Crippen LogP contribution >= 0.6 is 11.3 Å². The standard InChI is InChI=1S/C20H27N5O3S2/c1-5-18-23-25-19(26)12-16(22-20(25)29-18)13-21-14(4)15-8-10-17(11-9-15)30(27,28)24(6-2)7-3/h8-12,14,21H,5-7,13H2,1-4H3/t14-/m1/s1. The molecule has 2 heterocycles. The van der Waals surface area contributed by atoms with Crippen LogP contribution in [0.15, 0.2) is 40.0 Å². The highest BCUT2D eigenvalue weighted by atomic mass is 32.2. The van der Waals surface area contributed by atoms with E-state index in [0.717, 1.165) is 17.0 Å². The van der Waals surface area contributed by atoms with E-state index in [4.69, 9.17) is 0 Å². The van der Waals surface area contributed by atoms with Crippen LogP contribution in [-0.4, -0.2) is 40.4 Å². The summed E-state index contributed by atoms with van der Waals surface area (Å²) in [5, 5.41) is 8.47. The normalized spacial score (nSPS) is 13.2. The van der Waals surface area contributed by atoms with Crippen LogP contribution in [0.1, 0.15) is 50.0 Å². The summed E-state index contributed by atoms with van der Waals surface area (Å²) in [6, 6.07) is 8.37. The van der Waals surface area contributed by atoms with E-state index in [1.165, 1.54) is 26.2 Å². The number of benzene rings is 1. The molecule has 3 aromatic rings. The van der Waals surface area contributed by atoms with Gasteiger partial charge in [0.2, 0.25) is 15.0 Å². The van der Waals surface area contributed by atoms with Crippen LogP contribution in [0, 0.1) is 0 Å². The molecule has 0 spiro atoms. The molecular weight excluding hydrogens is 422 g/mol. The van der Waals surface area contributed by atoms with Crippen molar-refractivity contribution < 1.29 is 8.42 Å². The highest BCUT2D eigenvalue weighted by Crippen LogP contribution is 2.20. The number of sulfonamides is 1. The molecule has 1 N–H and O–H groups in total. The molecule has 0 aliphatic rings. The summed E-state index contributed by atoms with van der Waals surface area (Å²) >= 11 is 1.42. The molecule has 0 fully saturated rings. The van der Waals surface area contributed by atoms with Gasteiger partial charge < -0.3 is 5.32 Å². The van der Waals surface area contributed by atoms with E-state index >= 15 is 0 Å². The largest absolute Gasteiger partial charge is 0.305 e. The van der Waals surface area contributed by atoms with Gasteiger partial charge in [0, 0.05) is 31.7 Å². The number of aromatic nitrogens is 3. The highest BCUT2D eigenvalue weighted by molar-refractivity contribution is 7.89. The Morgan fingerprint density at radius 3 is 2.43 bits per heavy atom. The van der Waals surface area contributed by atoms with Crippen molar-refractivity contribution in [3.05, 3.63) is 57.0 Å². The maximum atomic E-state index is 12.6. The van der Waals surface area contributed by atoms with E-state index < -0.39 is 10.0 Å². The number of aryl methyl sites for hydroxylation is 1. The first-order chi connectivity index (χ1) is 14.3. The lowest BCUT2D eigenvalue weighted by molar-refractivity contribution is 0.445.